The quantitative estimate of drug-likeness (QED) is 0.921. The Bertz CT molecular complexity index is 663. The van der Waals surface area contributed by atoms with E-state index in [1.165, 1.54) is 12.3 Å². The minimum absolute atomic E-state index is 0.202. The van der Waals surface area contributed by atoms with Gasteiger partial charge in [-0.3, -0.25) is 0 Å². The van der Waals surface area contributed by atoms with E-state index in [1.807, 2.05) is 23.8 Å². The Balaban J connectivity index is 2.28. The highest BCUT2D eigenvalue weighted by Gasteiger charge is 2.19. The van der Waals surface area contributed by atoms with E-state index < -0.39 is 9.84 Å². The molecular formula is C14H17NO3S2. The molecule has 2 rings (SSSR count). The topological polar surface area (TPSA) is 69.4 Å². The summed E-state index contributed by atoms with van der Waals surface area (Å²) >= 11 is 1.57. The average Bonchev–Trinajstić information content (AvgIpc) is 2.88. The number of thiophene rings is 1. The smallest absolute Gasteiger partial charge is 0.175 e. The number of sulfone groups is 1. The molecule has 2 atom stereocenters. The first-order valence-electron chi connectivity index (χ1n) is 6.12. The van der Waals surface area contributed by atoms with Crippen LogP contribution in [0.3, 0.4) is 0 Å². The molecule has 0 saturated carbocycles. The zero-order valence-corrected chi connectivity index (χ0v) is 12.9. The summed E-state index contributed by atoms with van der Waals surface area (Å²) in [5.41, 5.74) is 6.96. The van der Waals surface area contributed by atoms with E-state index in [2.05, 4.69) is 0 Å². The lowest BCUT2D eigenvalue weighted by Crippen LogP contribution is -2.28. The van der Waals surface area contributed by atoms with Crippen molar-refractivity contribution >= 4 is 21.2 Å². The summed E-state index contributed by atoms with van der Waals surface area (Å²) in [5, 5.41) is 3.94. The average molecular weight is 311 g/mol. The fourth-order valence-corrected chi connectivity index (χ4v) is 3.18. The first-order chi connectivity index (χ1) is 9.38. The Morgan fingerprint density at radius 2 is 2.05 bits per heavy atom. The number of hydrogen-bond donors (Lipinski definition) is 1. The third-order valence-electron chi connectivity index (χ3n) is 2.85. The molecule has 2 aromatic rings. The molecule has 1 aromatic carbocycles. The first kappa shape index (κ1) is 15.0. The number of hydrogen-bond acceptors (Lipinski definition) is 5. The molecule has 4 nitrogen and oxygen atoms in total. The maximum absolute atomic E-state index is 11.6. The zero-order chi connectivity index (χ0) is 14.8. The molecule has 0 aliphatic rings. The van der Waals surface area contributed by atoms with Crippen LogP contribution < -0.4 is 10.5 Å². The highest BCUT2D eigenvalue weighted by molar-refractivity contribution is 7.90. The van der Waals surface area contributed by atoms with Crippen molar-refractivity contribution in [3.63, 3.8) is 0 Å². The van der Waals surface area contributed by atoms with E-state index in [4.69, 9.17) is 10.5 Å². The summed E-state index contributed by atoms with van der Waals surface area (Å²) in [6.07, 6.45) is 0.879. The molecule has 1 heterocycles. The van der Waals surface area contributed by atoms with Crippen LogP contribution in [-0.2, 0) is 9.84 Å². The van der Waals surface area contributed by atoms with Crippen molar-refractivity contribution in [1.29, 1.82) is 0 Å². The van der Waals surface area contributed by atoms with E-state index >= 15 is 0 Å². The molecule has 0 amide bonds. The van der Waals surface area contributed by atoms with Crippen LogP contribution in [-0.4, -0.2) is 20.7 Å². The van der Waals surface area contributed by atoms with E-state index in [0.717, 1.165) is 5.56 Å². The zero-order valence-electron chi connectivity index (χ0n) is 11.3. The van der Waals surface area contributed by atoms with Crippen LogP contribution in [0.4, 0.5) is 0 Å². The summed E-state index contributed by atoms with van der Waals surface area (Å²) in [6.45, 7) is 1.86. The van der Waals surface area contributed by atoms with Crippen LogP contribution in [0.5, 0.6) is 5.75 Å². The molecule has 1 aromatic heterocycles. The fraction of sp³-hybridized carbons (Fsp3) is 0.286. The van der Waals surface area contributed by atoms with Gasteiger partial charge in [-0.05, 0) is 41.9 Å². The second kappa shape index (κ2) is 5.95. The molecule has 0 saturated heterocycles. The SMILES string of the molecule is CC(N)C(Oc1cccc(S(C)(=O)=O)c1)c1ccsc1. The van der Waals surface area contributed by atoms with Crippen LogP contribution in [0.25, 0.3) is 0 Å². The van der Waals surface area contributed by atoms with Gasteiger partial charge in [-0.1, -0.05) is 6.07 Å². The highest BCUT2D eigenvalue weighted by atomic mass is 32.2. The predicted octanol–water partition coefficient (Wildman–Crippen LogP) is 2.62. The number of benzene rings is 1. The fourth-order valence-electron chi connectivity index (χ4n) is 1.84. The number of rotatable bonds is 5. The predicted molar refractivity (Wildman–Crippen MR) is 80.9 cm³/mol. The molecule has 2 N–H and O–H groups in total. The van der Waals surface area contributed by atoms with E-state index in [-0.39, 0.29) is 17.0 Å². The Hall–Kier alpha value is -1.37. The molecule has 20 heavy (non-hydrogen) atoms. The molecule has 0 radical (unpaired) electrons. The Morgan fingerprint density at radius 3 is 2.60 bits per heavy atom. The molecule has 0 aliphatic carbocycles. The van der Waals surface area contributed by atoms with Gasteiger partial charge in [0, 0.05) is 17.9 Å². The Morgan fingerprint density at radius 1 is 1.30 bits per heavy atom. The van der Waals surface area contributed by atoms with Gasteiger partial charge in [-0.25, -0.2) is 8.42 Å². The maximum atomic E-state index is 11.6. The van der Waals surface area contributed by atoms with Gasteiger partial charge in [0.05, 0.1) is 4.90 Å². The lowest BCUT2D eigenvalue weighted by Gasteiger charge is -2.22. The van der Waals surface area contributed by atoms with Crippen molar-refractivity contribution in [3.8, 4) is 5.75 Å². The summed E-state index contributed by atoms with van der Waals surface area (Å²) in [4.78, 5) is 0.240. The van der Waals surface area contributed by atoms with Gasteiger partial charge in [0.15, 0.2) is 9.84 Å². The summed E-state index contributed by atoms with van der Waals surface area (Å²) in [6, 6.07) is 8.23. The minimum Gasteiger partial charge on any atom is -0.484 e. The van der Waals surface area contributed by atoms with Gasteiger partial charge in [-0.15, -0.1) is 0 Å². The third-order valence-corrected chi connectivity index (χ3v) is 4.66. The van der Waals surface area contributed by atoms with E-state index in [1.54, 1.807) is 29.5 Å². The van der Waals surface area contributed by atoms with Crippen molar-refractivity contribution in [2.45, 2.75) is 24.0 Å². The molecular weight excluding hydrogens is 294 g/mol. The van der Waals surface area contributed by atoms with Crippen molar-refractivity contribution in [2.24, 2.45) is 5.73 Å². The van der Waals surface area contributed by atoms with Crippen LogP contribution in [0.15, 0.2) is 46.0 Å². The van der Waals surface area contributed by atoms with Gasteiger partial charge in [0.1, 0.15) is 11.9 Å². The van der Waals surface area contributed by atoms with Gasteiger partial charge in [0.2, 0.25) is 0 Å². The lowest BCUT2D eigenvalue weighted by molar-refractivity contribution is 0.180. The molecule has 0 fully saturated rings. The van der Waals surface area contributed by atoms with E-state index in [9.17, 15) is 8.42 Å². The van der Waals surface area contributed by atoms with Gasteiger partial charge in [-0.2, -0.15) is 11.3 Å². The Labute approximate surface area is 123 Å². The van der Waals surface area contributed by atoms with Crippen LogP contribution in [0, 0.1) is 0 Å². The molecule has 2 unspecified atom stereocenters. The van der Waals surface area contributed by atoms with Crippen molar-refractivity contribution in [3.05, 3.63) is 46.7 Å². The maximum Gasteiger partial charge on any atom is 0.175 e. The molecule has 108 valence electrons. The van der Waals surface area contributed by atoms with Gasteiger partial charge < -0.3 is 10.5 Å². The number of nitrogens with two attached hydrogens (primary N) is 1. The summed E-state index contributed by atoms with van der Waals surface area (Å²) in [7, 11) is -3.24. The molecule has 0 bridgehead atoms. The van der Waals surface area contributed by atoms with Crippen LogP contribution in [0.2, 0.25) is 0 Å². The van der Waals surface area contributed by atoms with Crippen molar-refractivity contribution in [1.82, 2.24) is 0 Å². The molecule has 6 heteroatoms. The third kappa shape index (κ3) is 3.59. The normalized spacial score (nSPS) is 14.8. The highest BCUT2D eigenvalue weighted by Crippen LogP contribution is 2.27. The molecule has 0 spiro atoms. The summed E-state index contributed by atoms with van der Waals surface area (Å²) in [5.74, 6) is 0.501. The van der Waals surface area contributed by atoms with Gasteiger partial charge in [0.25, 0.3) is 0 Å². The number of ether oxygens (including phenoxy) is 1. The van der Waals surface area contributed by atoms with Crippen LogP contribution >= 0.6 is 11.3 Å². The summed E-state index contributed by atoms with van der Waals surface area (Å²) < 4.78 is 29.0. The largest absolute Gasteiger partial charge is 0.484 e. The molecule has 0 aliphatic heterocycles. The second-order valence-corrected chi connectivity index (χ2v) is 7.50. The Kier molecular flexibility index (Phi) is 4.47. The van der Waals surface area contributed by atoms with Crippen LogP contribution in [0.1, 0.15) is 18.6 Å². The minimum atomic E-state index is -3.24. The first-order valence-corrected chi connectivity index (χ1v) is 8.96. The van der Waals surface area contributed by atoms with Crippen molar-refractivity contribution < 1.29 is 13.2 Å². The standard InChI is InChI=1S/C14H17NO3S2/c1-10(15)14(11-6-7-19-9-11)18-12-4-3-5-13(8-12)20(2,16)17/h3-10,14H,15H2,1-2H3. The van der Waals surface area contributed by atoms with E-state index in [0.29, 0.717) is 5.75 Å². The monoisotopic (exact) mass is 311 g/mol. The second-order valence-electron chi connectivity index (χ2n) is 4.70. The van der Waals surface area contributed by atoms with Gasteiger partial charge >= 0.3 is 0 Å². The van der Waals surface area contributed by atoms with Crippen molar-refractivity contribution in [2.75, 3.05) is 6.26 Å². The lowest BCUT2D eigenvalue weighted by atomic mass is 10.1.